The van der Waals surface area contributed by atoms with Gasteiger partial charge in [0.05, 0.1) is 23.1 Å². The van der Waals surface area contributed by atoms with Crippen molar-refractivity contribution in [2.75, 3.05) is 13.7 Å². The molecule has 0 aliphatic carbocycles. The van der Waals surface area contributed by atoms with E-state index in [0.29, 0.717) is 6.61 Å². The third-order valence-corrected chi connectivity index (χ3v) is 6.45. The Morgan fingerprint density at radius 3 is 2.74 bits per heavy atom. The van der Waals surface area contributed by atoms with Crippen molar-refractivity contribution >= 4 is 28.9 Å². The van der Waals surface area contributed by atoms with Crippen LogP contribution in [0.15, 0.2) is 39.6 Å². The van der Waals surface area contributed by atoms with Crippen LogP contribution in [0, 0.1) is 0 Å². The van der Waals surface area contributed by atoms with E-state index in [9.17, 15) is 4.79 Å². The van der Waals surface area contributed by atoms with Crippen LogP contribution < -0.4 is 0 Å². The summed E-state index contributed by atoms with van der Waals surface area (Å²) >= 11 is 3.29. The van der Waals surface area contributed by atoms with E-state index in [-0.39, 0.29) is 11.9 Å². The molecular weight excluding hydrogens is 330 g/mol. The van der Waals surface area contributed by atoms with Crippen molar-refractivity contribution in [2.45, 2.75) is 41.1 Å². The predicted molar refractivity (Wildman–Crippen MR) is 91.4 cm³/mol. The van der Waals surface area contributed by atoms with Gasteiger partial charge in [-0.1, -0.05) is 23.9 Å². The Morgan fingerprint density at radius 1 is 1.43 bits per heavy atom. The van der Waals surface area contributed by atoms with Gasteiger partial charge in [0, 0.05) is 24.0 Å². The van der Waals surface area contributed by atoms with E-state index in [2.05, 4.69) is 4.98 Å². The van der Waals surface area contributed by atoms with Crippen LogP contribution in [0.3, 0.4) is 0 Å². The maximum absolute atomic E-state index is 11.3. The first-order valence-electron chi connectivity index (χ1n) is 7.47. The van der Waals surface area contributed by atoms with Crippen molar-refractivity contribution in [2.24, 2.45) is 0 Å². The van der Waals surface area contributed by atoms with Crippen molar-refractivity contribution < 1.29 is 14.3 Å². The summed E-state index contributed by atoms with van der Waals surface area (Å²) < 4.78 is 12.6. The summed E-state index contributed by atoms with van der Waals surface area (Å²) in [5.74, 6) is 0.0823. The quantitative estimate of drug-likeness (QED) is 0.759. The summed E-state index contributed by atoms with van der Waals surface area (Å²) in [5.41, 5.74) is 0.303. The van der Waals surface area contributed by atoms with E-state index in [1.165, 1.54) is 0 Å². The van der Waals surface area contributed by atoms with E-state index in [0.717, 1.165) is 26.1 Å². The Hall–Kier alpha value is -1.21. The number of carbonyl (C=O) groups excluding carboxylic acids is 1. The second-order valence-corrected chi connectivity index (χ2v) is 7.93. The van der Waals surface area contributed by atoms with Gasteiger partial charge in [0.1, 0.15) is 10.6 Å². The van der Waals surface area contributed by atoms with Gasteiger partial charge < -0.3 is 9.47 Å². The molecule has 0 bridgehead atoms. The molecule has 0 amide bonds. The molecule has 1 aromatic heterocycles. The lowest BCUT2D eigenvalue weighted by atomic mass is 9.97. The highest BCUT2D eigenvalue weighted by atomic mass is 32.2. The molecule has 1 aliphatic heterocycles. The molecule has 4 nitrogen and oxygen atoms in total. The smallest absolute Gasteiger partial charge is 0.159 e. The van der Waals surface area contributed by atoms with Crippen LogP contribution in [0.1, 0.15) is 35.6 Å². The monoisotopic (exact) mass is 349 g/mol. The first kappa shape index (κ1) is 16.6. The molecule has 1 saturated heterocycles. The van der Waals surface area contributed by atoms with E-state index in [4.69, 9.17) is 9.47 Å². The van der Waals surface area contributed by atoms with Gasteiger partial charge in [-0.05, 0) is 26.0 Å². The van der Waals surface area contributed by atoms with Gasteiger partial charge in [0.25, 0.3) is 0 Å². The molecule has 1 fully saturated rings. The summed E-state index contributed by atoms with van der Waals surface area (Å²) in [5, 5.41) is 0.966. The summed E-state index contributed by atoms with van der Waals surface area (Å²) in [4.78, 5) is 17.0. The van der Waals surface area contributed by atoms with Crippen LogP contribution in [-0.4, -0.2) is 30.6 Å². The number of ketones is 1. The SMILES string of the molecule is COC1(c2ncc(Sc3ccc(C(C)=O)cc3)s2)CCOC1C. The molecule has 2 unspecified atom stereocenters. The number of ether oxygens (including phenoxy) is 2. The molecule has 23 heavy (non-hydrogen) atoms. The molecule has 6 heteroatoms. The Bertz CT molecular complexity index is 698. The van der Waals surface area contributed by atoms with Gasteiger partial charge in [-0.3, -0.25) is 4.79 Å². The predicted octanol–water partition coefficient (Wildman–Crippen LogP) is 4.15. The van der Waals surface area contributed by atoms with Crippen LogP contribution >= 0.6 is 23.1 Å². The largest absolute Gasteiger partial charge is 0.375 e. The summed E-state index contributed by atoms with van der Waals surface area (Å²) in [7, 11) is 1.72. The molecule has 0 N–H and O–H groups in total. The zero-order valence-electron chi connectivity index (χ0n) is 13.4. The lowest BCUT2D eigenvalue weighted by Crippen LogP contribution is -2.35. The molecule has 0 saturated carbocycles. The third-order valence-electron chi connectivity index (χ3n) is 4.19. The lowest BCUT2D eigenvalue weighted by Gasteiger charge is -2.28. The van der Waals surface area contributed by atoms with Crippen LogP contribution in [-0.2, 0) is 15.1 Å². The van der Waals surface area contributed by atoms with Gasteiger partial charge in [-0.25, -0.2) is 4.98 Å². The minimum atomic E-state index is -0.429. The lowest BCUT2D eigenvalue weighted by molar-refractivity contribution is -0.0647. The molecule has 0 spiro atoms. The highest BCUT2D eigenvalue weighted by Crippen LogP contribution is 2.43. The van der Waals surface area contributed by atoms with Crippen LogP contribution in [0.25, 0.3) is 0 Å². The Balaban J connectivity index is 1.78. The molecule has 2 aromatic rings. The number of benzene rings is 1. The molecule has 2 heterocycles. The second kappa shape index (κ2) is 6.73. The summed E-state index contributed by atoms with van der Waals surface area (Å²) in [6.07, 6.45) is 2.72. The number of carbonyl (C=O) groups is 1. The highest BCUT2D eigenvalue weighted by Gasteiger charge is 2.45. The molecule has 3 rings (SSSR count). The van der Waals surface area contributed by atoms with Crippen LogP contribution in [0.2, 0.25) is 0 Å². The fourth-order valence-corrected chi connectivity index (χ4v) is 4.96. The minimum absolute atomic E-state index is 0.00588. The number of rotatable bonds is 5. The third kappa shape index (κ3) is 3.21. The summed E-state index contributed by atoms with van der Waals surface area (Å²) in [6.45, 7) is 4.31. The average molecular weight is 349 g/mol. The number of thiazole rings is 1. The van der Waals surface area contributed by atoms with Crippen molar-refractivity contribution in [1.29, 1.82) is 0 Å². The molecule has 2 atom stereocenters. The fourth-order valence-electron chi connectivity index (χ4n) is 2.74. The molecule has 0 radical (unpaired) electrons. The molecule has 1 aliphatic rings. The topological polar surface area (TPSA) is 48.4 Å². The Morgan fingerprint density at radius 2 is 2.17 bits per heavy atom. The minimum Gasteiger partial charge on any atom is -0.375 e. The zero-order valence-corrected chi connectivity index (χ0v) is 15.0. The van der Waals surface area contributed by atoms with Crippen molar-refractivity contribution in [3.8, 4) is 0 Å². The van der Waals surface area contributed by atoms with Gasteiger partial charge in [-0.15, -0.1) is 11.3 Å². The van der Waals surface area contributed by atoms with E-state index >= 15 is 0 Å². The van der Waals surface area contributed by atoms with Crippen molar-refractivity contribution in [1.82, 2.24) is 4.98 Å². The first-order chi connectivity index (χ1) is 11.0. The van der Waals surface area contributed by atoms with Crippen molar-refractivity contribution in [3.63, 3.8) is 0 Å². The normalized spacial score (nSPS) is 24.0. The number of Topliss-reactive ketones (excluding diaryl/α,β-unsaturated/α-hetero) is 1. The zero-order chi connectivity index (χ0) is 16.4. The molecular formula is C17H19NO3S2. The fraction of sp³-hybridized carbons (Fsp3) is 0.412. The van der Waals surface area contributed by atoms with E-state index in [1.54, 1.807) is 37.1 Å². The van der Waals surface area contributed by atoms with Crippen LogP contribution in [0.5, 0.6) is 0 Å². The number of nitrogens with zero attached hydrogens (tertiary/aromatic N) is 1. The van der Waals surface area contributed by atoms with E-state index in [1.807, 2.05) is 37.4 Å². The van der Waals surface area contributed by atoms with Crippen molar-refractivity contribution in [3.05, 3.63) is 41.0 Å². The second-order valence-electron chi connectivity index (χ2n) is 5.52. The Kier molecular flexibility index (Phi) is 4.87. The standard InChI is InChI=1S/C17H19NO3S2/c1-11(19)13-4-6-14(7-5-13)22-15-10-18-16(23-15)17(20-3)8-9-21-12(17)2/h4-7,10,12H,8-9H2,1-3H3. The maximum Gasteiger partial charge on any atom is 0.159 e. The van der Waals surface area contributed by atoms with Gasteiger partial charge in [0.15, 0.2) is 5.78 Å². The van der Waals surface area contributed by atoms with Gasteiger partial charge >= 0.3 is 0 Å². The highest BCUT2D eigenvalue weighted by molar-refractivity contribution is 8.01. The first-order valence-corrected chi connectivity index (χ1v) is 9.10. The number of methoxy groups -OCH3 is 1. The van der Waals surface area contributed by atoms with Gasteiger partial charge in [0.2, 0.25) is 0 Å². The maximum atomic E-state index is 11.3. The molecule has 122 valence electrons. The van der Waals surface area contributed by atoms with Gasteiger partial charge in [-0.2, -0.15) is 0 Å². The van der Waals surface area contributed by atoms with Crippen LogP contribution in [0.4, 0.5) is 0 Å². The Labute approximate surface area is 144 Å². The average Bonchev–Trinajstić information content (AvgIpc) is 3.15. The number of aromatic nitrogens is 1. The number of hydrogen-bond acceptors (Lipinski definition) is 6. The summed E-state index contributed by atoms with van der Waals surface area (Å²) in [6, 6.07) is 7.65. The van der Waals surface area contributed by atoms with E-state index < -0.39 is 5.60 Å². The number of hydrogen-bond donors (Lipinski definition) is 0. The molecule has 1 aromatic carbocycles.